The average molecular weight is 461 g/mol. The van der Waals surface area contributed by atoms with Gasteiger partial charge in [-0.2, -0.15) is 0 Å². The minimum Gasteiger partial charge on any atom is -0.497 e. The number of rotatable bonds is 8. The van der Waals surface area contributed by atoms with Gasteiger partial charge in [0.05, 0.1) is 25.8 Å². The van der Waals surface area contributed by atoms with Crippen LogP contribution < -0.4 is 24.8 Å². The van der Waals surface area contributed by atoms with Gasteiger partial charge in [-0.05, 0) is 41.8 Å². The highest BCUT2D eigenvalue weighted by atomic mass is 35.5. The third-order valence-electron chi connectivity index (χ3n) is 5.38. The maximum absolute atomic E-state index is 12.6. The second kappa shape index (κ2) is 10.1. The van der Waals surface area contributed by atoms with Gasteiger partial charge in [0, 0.05) is 24.5 Å². The lowest BCUT2D eigenvalue weighted by Gasteiger charge is -2.22. The first kappa shape index (κ1) is 23.7. The minimum atomic E-state index is -0.591. The number of hydrogen-bond donors (Lipinski definition) is 2. The molecule has 0 fully saturated rings. The Kier molecular flexibility index (Phi) is 7.51. The molecule has 0 saturated heterocycles. The van der Waals surface area contributed by atoms with Crippen LogP contribution in [-0.4, -0.2) is 44.7 Å². The fourth-order valence-electron chi connectivity index (χ4n) is 3.77. The van der Waals surface area contributed by atoms with Crippen LogP contribution in [0.5, 0.6) is 17.2 Å². The van der Waals surface area contributed by atoms with Crippen molar-refractivity contribution in [3.63, 3.8) is 0 Å². The third kappa shape index (κ3) is 5.27. The molecular formula is C24H29ClN2O5. The van der Waals surface area contributed by atoms with Crippen LogP contribution in [0.1, 0.15) is 26.3 Å². The molecule has 1 aliphatic heterocycles. The van der Waals surface area contributed by atoms with Gasteiger partial charge in [-0.15, -0.1) is 0 Å². The number of nitrogens with one attached hydrogen (secondary N) is 2. The molecule has 0 unspecified atom stereocenters. The second-order valence-electron chi connectivity index (χ2n) is 8.12. The molecule has 3 rings (SSSR count). The van der Waals surface area contributed by atoms with Crippen LogP contribution in [0.4, 0.5) is 0 Å². The number of fused-ring (bicyclic) bond motifs is 1. The van der Waals surface area contributed by atoms with Gasteiger partial charge in [-0.25, -0.2) is 0 Å². The first-order chi connectivity index (χ1) is 15.2. The van der Waals surface area contributed by atoms with Crippen molar-refractivity contribution >= 4 is 23.4 Å². The Bertz CT molecular complexity index is 1010. The number of carbonyl (C=O) groups is 2. The van der Waals surface area contributed by atoms with Crippen LogP contribution >= 0.6 is 11.6 Å². The Morgan fingerprint density at radius 1 is 1.19 bits per heavy atom. The first-order valence-electron chi connectivity index (χ1n) is 10.5. The molecule has 1 aliphatic rings. The topological polar surface area (TPSA) is 85.9 Å². The number of amides is 2. The van der Waals surface area contributed by atoms with E-state index in [2.05, 4.69) is 10.6 Å². The van der Waals surface area contributed by atoms with Crippen molar-refractivity contribution in [1.29, 1.82) is 0 Å². The Hall–Kier alpha value is -2.93. The van der Waals surface area contributed by atoms with E-state index < -0.39 is 6.04 Å². The predicted octanol–water partition coefficient (Wildman–Crippen LogP) is 3.60. The van der Waals surface area contributed by atoms with E-state index in [9.17, 15) is 9.59 Å². The molecule has 7 nitrogen and oxygen atoms in total. The molecule has 32 heavy (non-hydrogen) atoms. The Morgan fingerprint density at radius 2 is 1.94 bits per heavy atom. The molecule has 172 valence electrons. The lowest BCUT2D eigenvalue weighted by atomic mass is 9.99. The predicted molar refractivity (Wildman–Crippen MR) is 124 cm³/mol. The van der Waals surface area contributed by atoms with Crippen molar-refractivity contribution in [2.75, 3.05) is 20.8 Å². The number of carbonyl (C=O) groups excluding carboxylic acids is 2. The van der Waals surface area contributed by atoms with E-state index in [-0.39, 0.29) is 23.8 Å². The van der Waals surface area contributed by atoms with Gasteiger partial charge in [-0.3, -0.25) is 9.59 Å². The number of benzene rings is 2. The Morgan fingerprint density at radius 3 is 2.56 bits per heavy atom. The fourth-order valence-corrected chi connectivity index (χ4v) is 4.06. The molecule has 0 aromatic heterocycles. The van der Waals surface area contributed by atoms with Gasteiger partial charge in [0.1, 0.15) is 29.4 Å². The number of ether oxygens (including phenoxy) is 3. The van der Waals surface area contributed by atoms with Crippen molar-refractivity contribution in [2.24, 2.45) is 5.92 Å². The molecule has 2 amide bonds. The van der Waals surface area contributed by atoms with E-state index in [1.807, 2.05) is 44.2 Å². The number of halogens is 1. The molecule has 2 aromatic rings. The summed E-state index contributed by atoms with van der Waals surface area (Å²) < 4.78 is 16.9. The molecule has 0 bridgehead atoms. The monoisotopic (exact) mass is 460 g/mol. The van der Waals surface area contributed by atoms with Crippen molar-refractivity contribution in [2.45, 2.75) is 39.3 Å². The molecule has 8 heteroatoms. The number of methoxy groups -OCH3 is 2. The summed E-state index contributed by atoms with van der Waals surface area (Å²) in [5.41, 5.74) is 2.71. The largest absolute Gasteiger partial charge is 0.497 e. The summed E-state index contributed by atoms with van der Waals surface area (Å²) in [6.45, 7) is 5.48. The van der Waals surface area contributed by atoms with Crippen molar-refractivity contribution in [1.82, 2.24) is 10.6 Å². The number of hydrogen-bond acceptors (Lipinski definition) is 5. The van der Waals surface area contributed by atoms with Crippen LogP contribution in [0.3, 0.4) is 0 Å². The quantitative estimate of drug-likeness (QED) is 0.628. The summed E-state index contributed by atoms with van der Waals surface area (Å²) in [7, 11) is 3.23. The van der Waals surface area contributed by atoms with Crippen LogP contribution in [0, 0.1) is 5.92 Å². The van der Waals surface area contributed by atoms with E-state index in [0.717, 1.165) is 16.7 Å². The zero-order valence-corrected chi connectivity index (χ0v) is 19.7. The standard InChI is InChI=1S/C24H29ClN2O5/c1-13(2)22(27-14(3)28)24(29)26-12-18-9-16-8-15(10-20(25)23(16)32-18)19-11-17(30-4)6-7-21(19)31-5/h6-8,10-11,13,18,22H,9,12H2,1-5H3,(H,26,29)(H,27,28)/t18-,22+/m1/s1. The molecule has 2 aromatic carbocycles. The summed E-state index contributed by atoms with van der Waals surface area (Å²) in [6, 6.07) is 8.86. The van der Waals surface area contributed by atoms with Gasteiger partial charge in [0.15, 0.2) is 0 Å². The van der Waals surface area contributed by atoms with Crippen LogP contribution in [0.2, 0.25) is 5.02 Å². The maximum Gasteiger partial charge on any atom is 0.242 e. The van der Waals surface area contributed by atoms with Crippen LogP contribution in [0.15, 0.2) is 30.3 Å². The van der Waals surface area contributed by atoms with Gasteiger partial charge in [-0.1, -0.05) is 25.4 Å². The third-order valence-corrected chi connectivity index (χ3v) is 5.66. The zero-order chi connectivity index (χ0) is 23.4. The highest BCUT2D eigenvalue weighted by molar-refractivity contribution is 6.32. The molecule has 0 aliphatic carbocycles. The Balaban J connectivity index is 1.75. The average Bonchev–Trinajstić information content (AvgIpc) is 3.18. The smallest absolute Gasteiger partial charge is 0.242 e. The normalized spacial score (nSPS) is 15.5. The van der Waals surface area contributed by atoms with Crippen LogP contribution in [-0.2, 0) is 16.0 Å². The molecule has 2 N–H and O–H groups in total. The first-order valence-corrected chi connectivity index (χ1v) is 10.9. The summed E-state index contributed by atoms with van der Waals surface area (Å²) in [5.74, 6) is 1.54. The molecule has 0 spiro atoms. The SMILES string of the molecule is COc1ccc(OC)c(-c2cc(Cl)c3c(c2)C[C@H](CNC(=O)[C@@H](NC(C)=O)C(C)C)O3)c1. The van der Waals surface area contributed by atoms with Crippen molar-refractivity contribution in [3.05, 3.63) is 40.9 Å². The summed E-state index contributed by atoms with van der Waals surface area (Å²) in [4.78, 5) is 24.0. The van der Waals surface area contributed by atoms with E-state index in [0.29, 0.717) is 35.2 Å². The zero-order valence-electron chi connectivity index (χ0n) is 19.0. The fraction of sp³-hybridized carbons (Fsp3) is 0.417. The molecule has 0 saturated carbocycles. The highest BCUT2D eigenvalue weighted by Gasteiger charge is 2.29. The van der Waals surface area contributed by atoms with Gasteiger partial charge in [0.2, 0.25) is 11.8 Å². The summed E-state index contributed by atoms with van der Waals surface area (Å²) >= 11 is 6.54. The van der Waals surface area contributed by atoms with Gasteiger partial charge >= 0.3 is 0 Å². The van der Waals surface area contributed by atoms with Crippen molar-refractivity contribution in [3.8, 4) is 28.4 Å². The van der Waals surface area contributed by atoms with E-state index >= 15 is 0 Å². The summed E-state index contributed by atoms with van der Waals surface area (Å²) in [6.07, 6.45) is 0.348. The maximum atomic E-state index is 12.6. The molecule has 2 atom stereocenters. The minimum absolute atomic E-state index is 0.0320. The van der Waals surface area contributed by atoms with Gasteiger partial charge < -0.3 is 24.8 Å². The molecule has 0 radical (unpaired) electrons. The molecular weight excluding hydrogens is 432 g/mol. The summed E-state index contributed by atoms with van der Waals surface area (Å²) in [5, 5.41) is 6.07. The van der Waals surface area contributed by atoms with Gasteiger partial charge in [0.25, 0.3) is 0 Å². The lowest BCUT2D eigenvalue weighted by Crippen LogP contribution is -2.50. The van der Waals surface area contributed by atoms with E-state index in [4.69, 9.17) is 25.8 Å². The highest BCUT2D eigenvalue weighted by Crippen LogP contribution is 2.42. The lowest BCUT2D eigenvalue weighted by molar-refractivity contribution is -0.129. The molecule has 1 heterocycles. The second-order valence-corrected chi connectivity index (χ2v) is 8.53. The van der Waals surface area contributed by atoms with E-state index in [1.54, 1.807) is 14.2 Å². The van der Waals surface area contributed by atoms with E-state index in [1.165, 1.54) is 6.92 Å². The van der Waals surface area contributed by atoms with Crippen LogP contribution in [0.25, 0.3) is 11.1 Å². The van der Waals surface area contributed by atoms with Crippen molar-refractivity contribution < 1.29 is 23.8 Å². The Labute approximate surface area is 193 Å².